The van der Waals surface area contributed by atoms with Crippen LogP contribution in [0, 0.1) is 0 Å². The second-order valence-electron chi connectivity index (χ2n) is 4.77. The van der Waals surface area contributed by atoms with Crippen molar-refractivity contribution in [2.75, 3.05) is 0 Å². The average Bonchev–Trinajstić information content (AvgIpc) is 2.36. The van der Waals surface area contributed by atoms with E-state index >= 15 is 0 Å². The van der Waals surface area contributed by atoms with Crippen LogP contribution in [0.5, 0.6) is 5.75 Å². The first-order valence-corrected chi connectivity index (χ1v) is 7.66. The summed E-state index contributed by atoms with van der Waals surface area (Å²) >= 11 is 0. The minimum absolute atomic E-state index is 0.0950. The molecule has 0 aliphatic carbocycles. The van der Waals surface area contributed by atoms with Crippen LogP contribution in [0.3, 0.4) is 0 Å². The molecule has 0 fully saturated rings. The molecule has 1 atom stereocenters. The molecule has 5 heteroatoms. The van der Waals surface area contributed by atoms with Crippen LogP contribution in [0.15, 0.2) is 53.4 Å². The maximum Gasteiger partial charge on any atom is 0.305 e. The van der Waals surface area contributed by atoms with Crippen molar-refractivity contribution in [3.63, 3.8) is 0 Å². The Morgan fingerprint density at radius 3 is 2.65 bits per heavy atom. The highest BCUT2D eigenvalue weighted by Gasteiger charge is 2.40. The van der Waals surface area contributed by atoms with Gasteiger partial charge in [0.05, 0.1) is 0 Å². The molecule has 2 aromatic carbocycles. The molecule has 2 aromatic rings. The Hall–Kier alpha value is -1.85. The van der Waals surface area contributed by atoms with E-state index in [1.165, 1.54) is 0 Å². The number of ether oxygens (including phenoxy) is 1. The lowest BCUT2D eigenvalue weighted by atomic mass is 10.1. The maximum absolute atomic E-state index is 12.4. The molecular formula is C15H14O4S. The van der Waals surface area contributed by atoms with E-state index in [0.717, 1.165) is 5.39 Å². The molecule has 0 saturated carbocycles. The SMILES string of the molecule is C/C=C/C1(C)Oc2ccc3ccccc3c2S(=O)(=O)O1. The fourth-order valence-corrected chi connectivity index (χ4v) is 3.84. The summed E-state index contributed by atoms with van der Waals surface area (Å²) in [6.07, 6.45) is 3.27. The fourth-order valence-electron chi connectivity index (χ4n) is 2.42. The average molecular weight is 290 g/mol. The van der Waals surface area contributed by atoms with Crippen molar-refractivity contribution in [3.05, 3.63) is 48.6 Å². The Kier molecular flexibility index (Phi) is 2.84. The van der Waals surface area contributed by atoms with Crippen molar-refractivity contribution in [3.8, 4) is 5.75 Å². The van der Waals surface area contributed by atoms with E-state index in [1.807, 2.05) is 18.2 Å². The first-order chi connectivity index (χ1) is 9.45. The molecule has 0 spiro atoms. The van der Waals surface area contributed by atoms with E-state index in [2.05, 4.69) is 0 Å². The zero-order valence-electron chi connectivity index (χ0n) is 11.2. The molecular weight excluding hydrogens is 276 g/mol. The summed E-state index contributed by atoms with van der Waals surface area (Å²) in [6, 6.07) is 10.7. The number of fused-ring (bicyclic) bond motifs is 3. The molecule has 0 amide bonds. The van der Waals surface area contributed by atoms with Crippen molar-refractivity contribution in [1.82, 2.24) is 0 Å². The van der Waals surface area contributed by atoms with Crippen molar-refractivity contribution in [2.24, 2.45) is 0 Å². The summed E-state index contributed by atoms with van der Waals surface area (Å²) in [6.45, 7) is 3.35. The minimum atomic E-state index is -3.87. The van der Waals surface area contributed by atoms with Gasteiger partial charge in [-0.05, 0) is 24.5 Å². The quantitative estimate of drug-likeness (QED) is 0.597. The summed E-state index contributed by atoms with van der Waals surface area (Å²) in [5.41, 5.74) is 0. The lowest BCUT2D eigenvalue weighted by Gasteiger charge is -2.32. The number of rotatable bonds is 1. The molecule has 0 aromatic heterocycles. The number of allylic oxidation sites excluding steroid dienone is 1. The second-order valence-corrected chi connectivity index (χ2v) is 6.25. The zero-order valence-corrected chi connectivity index (χ0v) is 12.0. The maximum atomic E-state index is 12.4. The molecule has 3 rings (SSSR count). The van der Waals surface area contributed by atoms with E-state index in [4.69, 9.17) is 8.92 Å². The zero-order chi connectivity index (χ0) is 14.4. The van der Waals surface area contributed by atoms with Gasteiger partial charge in [-0.15, -0.1) is 0 Å². The predicted octanol–water partition coefficient (Wildman–Crippen LogP) is 3.23. The highest BCUT2D eigenvalue weighted by Crippen LogP contribution is 2.41. The summed E-state index contributed by atoms with van der Waals surface area (Å²) in [5, 5.41) is 1.43. The van der Waals surface area contributed by atoms with E-state index in [9.17, 15) is 8.42 Å². The molecule has 4 nitrogen and oxygen atoms in total. The van der Waals surface area contributed by atoms with Gasteiger partial charge in [0.2, 0.25) is 5.79 Å². The third-order valence-corrected chi connectivity index (χ3v) is 4.62. The molecule has 20 heavy (non-hydrogen) atoms. The first kappa shape index (κ1) is 13.1. The van der Waals surface area contributed by atoms with Crippen molar-refractivity contribution in [2.45, 2.75) is 24.5 Å². The summed E-state index contributed by atoms with van der Waals surface area (Å²) < 4.78 is 35.8. The van der Waals surface area contributed by atoms with E-state index < -0.39 is 15.9 Å². The van der Waals surface area contributed by atoms with E-state index in [1.54, 1.807) is 44.2 Å². The summed E-state index contributed by atoms with van der Waals surface area (Å²) in [7, 11) is -3.87. The Morgan fingerprint density at radius 2 is 1.90 bits per heavy atom. The minimum Gasteiger partial charge on any atom is -0.456 e. The van der Waals surface area contributed by atoms with Crippen molar-refractivity contribution in [1.29, 1.82) is 0 Å². The summed E-state index contributed by atoms with van der Waals surface area (Å²) in [5.74, 6) is -0.987. The van der Waals surface area contributed by atoms with Crippen molar-refractivity contribution < 1.29 is 17.3 Å². The van der Waals surface area contributed by atoms with Gasteiger partial charge in [0.15, 0.2) is 0 Å². The molecule has 1 heterocycles. The second kappa shape index (κ2) is 4.33. The van der Waals surface area contributed by atoms with Crippen LogP contribution in [0.2, 0.25) is 0 Å². The standard InChI is InChI=1S/C15H14O4S/c1-3-10-15(2)18-13-9-8-11-6-4-5-7-12(11)14(13)20(16,17)19-15/h3-10H,1-2H3/b10-3+. The molecule has 0 bridgehead atoms. The number of benzene rings is 2. The number of hydrogen-bond donors (Lipinski definition) is 0. The number of hydrogen-bond acceptors (Lipinski definition) is 4. The molecule has 1 aliphatic rings. The fraction of sp³-hybridized carbons (Fsp3) is 0.200. The highest BCUT2D eigenvalue weighted by molar-refractivity contribution is 7.87. The van der Waals surface area contributed by atoms with E-state index in [0.29, 0.717) is 11.1 Å². The van der Waals surface area contributed by atoms with Crippen LogP contribution in [0.4, 0.5) is 0 Å². The van der Waals surface area contributed by atoms with Crippen LogP contribution in [-0.2, 0) is 14.3 Å². The van der Waals surface area contributed by atoms with Crippen LogP contribution >= 0.6 is 0 Å². The molecule has 0 radical (unpaired) electrons. The topological polar surface area (TPSA) is 52.6 Å². The third kappa shape index (κ3) is 1.99. The van der Waals surface area contributed by atoms with Crippen LogP contribution in [-0.4, -0.2) is 14.2 Å². The van der Waals surface area contributed by atoms with Gasteiger partial charge in [-0.3, -0.25) is 0 Å². The lowest BCUT2D eigenvalue weighted by Crippen LogP contribution is -2.39. The Morgan fingerprint density at radius 1 is 1.15 bits per heavy atom. The highest BCUT2D eigenvalue weighted by atomic mass is 32.2. The smallest absolute Gasteiger partial charge is 0.305 e. The lowest BCUT2D eigenvalue weighted by molar-refractivity contribution is -0.0602. The van der Waals surface area contributed by atoms with Crippen molar-refractivity contribution >= 4 is 20.9 Å². The monoisotopic (exact) mass is 290 g/mol. The third-order valence-electron chi connectivity index (χ3n) is 3.15. The Bertz CT molecular complexity index is 808. The molecule has 0 N–H and O–H groups in total. The van der Waals surface area contributed by atoms with E-state index in [-0.39, 0.29) is 4.90 Å². The molecule has 0 saturated heterocycles. The predicted molar refractivity (Wildman–Crippen MR) is 76.1 cm³/mol. The van der Waals surface area contributed by atoms with Gasteiger partial charge < -0.3 is 4.74 Å². The van der Waals surface area contributed by atoms with Gasteiger partial charge in [-0.25, -0.2) is 4.18 Å². The Labute approximate surface area is 117 Å². The van der Waals surface area contributed by atoms with Gasteiger partial charge in [-0.2, -0.15) is 8.42 Å². The van der Waals surface area contributed by atoms with Crippen LogP contribution in [0.1, 0.15) is 13.8 Å². The summed E-state index contributed by atoms with van der Waals surface area (Å²) in [4.78, 5) is 0.0950. The normalized spacial score (nSPS) is 24.5. The van der Waals surface area contributed by atoms with Gasteiger partial charge >= 0.3 is 10.1 Å². The molecule has 1 unspecified atom stereocenters. The van der Waals surface area contributed by atoms with Gasteiger partial charge in [0.25, 0.3) is 0 Å². The van der Waals surface area contributed by atoms with Gasteiger partial charge in [0.1, 0.15) is 10.6 Å². The van der Waals surface area contributed by atoms with Crippen LogP contribution in [0.25, 0.3) is 10.8 Å². The molecule has 1 aliphatic heterocycles. The molecule has 104 valence electrons. The first-order valence-electron chi connectivity index (χ1n) is 6.25. The van der Waals surface area contributed by atoms with Crippen LogP contribution < -0.4 is 4.74 Å². The van der Waals surface area contributed by atoms with Gasteiger partial charge in [-0.1, -0.05) is 36.4 Å². The Balaban J connectivity index is 2.32. The van der Waals surface area contributed by atoms with Gasteiger partial charge in [0, 0.05) is 12.3 Å². The largest absolute Gasteiger partial charge is 0.456 e.